The molecule has 2 rings (SSSR count). The number of aliphatic hydroxyl groups is 1. The van der Waals surface area contributed by atoms with E-state index in [4.69, 9.17) is 4.55 Å². The van der Waals surface area contributed by atoms with Crippen molar-refractivity contribution in [1.82, 2.24) is 4.90 Å². The highest BCUT2D eigenvalue weighted by Crippen LogP contribution is 2.28. The summed E-state index contributed by atoms with van der Waals surface area (Å²) in [7, 11) is 0. The van der Waals surface area contributed by atoms with Crippen molar-refractivity contribution in [3.8, 4) is 0 Å². The molecule has 1 saturated heterocycles. The maximum Gasteiger partial charge on any atom is 0.186 e. The summed E-state index contributed by atoms with van der Waals surface area (Å²) in [5.41, 5.74) is -0.241. The molecule has 1 aromatic rings. The lowest BCUT2D eigenvalue weighted by molar-refractivity contribution is -0.108. The van der Waals surface area contributed by atoms with Crippen molar-refractivity contribution in [2.45, 2.75) is 36.8 Å². The van der Waals surface area contributed by atoms with Crippen molar-refractivity contribution in [2.75, 3.05) is 13.1 Å². The minimum Gasteiger partial charge on any atom is -0.372 e. The lowest BCUT2D eigenvalue weighted by atomic mass is 10.00. The van der Waals surface area contributed by atoms with Gasteiger partial charge >= 0.3 is 0 Å². The van der Waals surface area contributed by atoms with Crippen LogP contribution in [-0.4, -0.2) is 31.9 Å². The zero-order chi connectivity index (χ0) is 13.2. The van der Waals surface area contributed by atoms with Crippen LogP contribution in [-0.2, 0) is 16.8 Å². The second-order valence-electron chi connectivity index (χ2n) is 4.84. The first-order valence-electron chi connectivity index (χ1n) is 6.20. The molecule has 1 aliphatic heterocycles. The van der Waals surface area contributed by atoms with Gasteiger partial charge in [-0.25, -0.2) is 4.21 Å². The van der Waals surface area contributed by atoms with Crippen LogP contribution in [0.2, 0.25) is 0 Å². The van der Waals surface area contributed by atoms with E-state index in [9.17, 15) is 9.32 Å². The monoisotopic (exact) mass is 269 g/mol. The lowest BCUT2D eigenvalue weighted by Gasteiger charge is -2.39. The van der Waals surface area contributed by atoms with Crippen LogP contribution in [0.5, 0.6) is 0 Å². The van der Waals surface area contributed by atoms with E-state index >= 15 is 0 Å². The summed E-state index contributed by atoms with van der Waals surface area (Å²) < 4.78 is 19.9. The largest absolute Gasteiger partial charge is 0.372 e. The Morgan fingerprint density at radius 1 is 1.17 bits per heavy atom. The minimum atomic E-state index is -1.96. The Morgan fingerprint density at radius 3 is 2.22 bits per heavy atom. The first kappa shape index (κ1) is 13.7. The van der Waals surface area contributed by atoms with Crippen molar-refractivity contribution in [1.29, 1.82) is 0 Å². The molecule has 0 saturated carbocycles. The van der Waals surface area contributed by atoms with E-state index in [2.05, 4.69) is 4.90 Å². The Labute approximate surface area is 110 Å². The summed E-state index contributed by atoms with van der Waals surface area (Å²) >= 11 is -1.96. The van der Waals surface area contributed by atoms with Crippen molar-refractivity contribution in [3.63, 3.8) is 0 Å². The second kappa shape index (κ2) is 5.48. The van der Waals surface area contributed by atoms with Crippen LogP contribution in [0.3, 0.4) is 0 Å². The average molecular weight is 269 g/mol. The van der Waals surface area contributed by atoms with Gasteiger partial charge < -0.3 is 9.66 Å². The molecule has 1 heterocycles. The first-order valence-corrected chi connectivity index (χ1v) is 7.31. The van der Waals surface area contributed by atoms with Crippen LogP contribution in [0, 0.1) is 0 Å². The van der Waals surface area contributed by atoms with E-state index in [0.29, 0.717) is 4.90 Å². The third kappa shape index (κ3) is 2.80. The van der Waals surface area contributed by atoms with Crippen molar-refractivity contribution >= 4 is 11.1 Å². The molecular weight excluding hydrogens is 250 g/mol. The third-order valence-corrected chi connectivity index (χ3v) is 4.25. The molecule has 4 nitrogen and oxygen atoms in total. The molecule has 0 amide bonds. The number of likely N-dealkylation sites (tertiary alicyclic amines) is 1. The molecule has 1 fully saturated rings. The lowest BCUT2D eigenvalue weighted by Crippen LogP contribution is -2.46. The maximum atomic E-state index is 10.9. The summed E-state index contributed by atoms with van der Waals surface area (Å²) in [4.78, 5) is 2.41. The highest BCUT2D eigenvalue weighted by molar-refractivity contribution is 7.79. The van der Waals surface area contributed by atoms with E-state index in [0.717, 1.165) is 31.5 Å². The molecule has 1 aromatic carbocycles. The number of rotatable bonds is 3. The molecule has 2 atom stereocenters. The van der Waals surface area contributed by atoms with Crippen molar-refractivity contribution in [2.24, 2.45) is 0 Å². The van der Waals surface area contributed by atoms with Gasteiger partial charge in [0.2, 0.25) is 0 Å². The normalized spacial score (nSPS) is 22.4. The molecule has 0 radical (unpaired) electrons. The quantitative estimate of drug-likeness (QED) is 0.823. The SMILES string of the molecule is CC(O)(c1ccc(S(=O)O)cc1)N1CCCCC1. The molecule has 5 heteroatoms. The molecule has 0 spiro atoms. The molecule has 2 unspecified atom stereocenters. The summed E-state index contributed by atoms with van der Waals surface area (Å²) in [6, 6.07) is 6.61. The predicted molar refractivity (Wildman–Crippen MR) is 70.5 cm³/mol. The summed E-state index contributed by atoms with van der Waals surface area (Å²) in [5.74, 6) is 0. The van der Waals surface area contributed by atoms with Crippen LogP contribution < -0.4 is 0 Å². The Morgan fingerprint density at radius 2 is 1.72 bits per heavy atom. The highest BCUT2D eigenvalue weighted by Gasteiger charge is 2.31. The topological polar surface area (TPSA) is 60.8 Å². The van der Waals surface area contributed by atoms with Crippen LogP contribution in [0.15, 0.2) is 29.2 Å². The van der Waals surface area contributed by atoms with Crippen molar-refractivity contribution < 1.29 is 13.9 Å². The van der Waals surface area contributed by atoms with Crippen LogP contribution >= 0.6 is 0 Å². The van der Waals surface area contributed by atoms with Gasteiger partial charge in [-0.05, 0) is 37.5 Å². The van der Waals surface area contributed by atoms with E-state index in [1.54, 1.807) is 31.2 Å². The Bertz CT molecular complexity index is 424. The molecular formula is C13H19NO3S. The van der Waals surface area contributed by atoms with Gasteiger partial charge in [0.1, 0.15) is 5.72 Å². The second-order valence-corrected chi connectivity index (χ2v) is 5.81. The number of hydrogen-bond acceptors (Lipinski definition) is 3. The zero-order valence-corrected chi connectivity index (χ0v) is 11.3. The van der Waals surface area contributed by atoms with Gasteiger partial charge in [0.25, 0.3) is 0 Å². The van der Waals surface area contributed by atoms with Crippen molar-refractivity contribution in [3.05, 3.63) is 29.8 Å². The van der Waals surface area contributed by atoms with Gasteiger partial charge in [0.15, 0.2) is 11.1 Å². The standard InChI is InChI=1S/C13H19NO3S/c1-13(15,14-9-3-2-4-10-14)11-5-7-12(8-6-11)18(16)17/h5-8,15H,2-4,9-10H2,1H3,(H,16,17). The molecule has 100 valence electrons. The third-order valence-electron chi connectivity index (χ3n) is 3.57. The fourth-order valence-corrected chi connectivity index (χ4v) is 2.77. The van der Waals surface area contributed by atoms with E-state index in [1.165, 1.54) is 6.42 Å². The predicted octanol–water partition coefficient (Wildman–Crippen LogP) is 1.92. The van der Waals surface area contributed by atoms with Gasteiger partial charge in [0, 0.05) is 13.1 Å². The molecule has 18 heavy (non-hydrogen) atoms. The number of benzene rings is 1. The molecule has 2 N–H and O–H groups in total. The van der Waals surface area contributed by atoms with E-state index in [-0.39, 0.29) is 0 Å². The van der Waals surface area contributed by atoms with E-state index in [1.807, 2.05) is 0 Å². The Hall–Kier alpha value is -0.750. The first-order chi connectivity index (χ1) is 8.51. The van der Waals surface area contributed by atoms with Gasteiger partial charge in [0.05, 0.1) is 4.90 Å². The van der Waals surface area contributed by atoms with Gasteiger partial charge in [-0.3, -0.25) is 4.90 Å². The highest BCUT2D eigenvalue weighted by atomic mass is 32.2. The zero-order valence-electron chi connectivity index (χ0n) is 10.5. The summed E-state index contributed by atoms with van der Waals surface area (Å²) in [5, 5.41) is 10.6. The average Bonchev–Trinajstić information content (AvgIpc) is 2.40. The number of nitrogens with zero attached hydrogens (tertiary/aromatic N) is 1. The van der Waals surface area contributed by atoms with E-state index < -0.39 is 16.8 Å². The molecule has 0 aromatic heterocycles. The Balaban J connectivity index is 2.20. The maximum absolute atomic E-state index is 10.9. The molecule has 0 aliphatic carbocycles. The summed E-state index contributed by atoms with van der Waals surface area (Å²) in [6.45, 7) is 3.56. The Kier molecular flexibility index (Phi) is 4.17. The smallest absolute Gasteiger partial charge is 0.186 e. The van der Waals surface area contributed by atoms with Gasteiger partial charge in [-0.15, -0.1) is 0 Å². The fraction of sp³-hybridized carbons (Fsp3) is 0.538. The summed E-state index contributed by atoms with van der Waals surface area (Å²) in [6.07, 6.45) is 3.43. The number of hydrogen-bond donors (Lipinski definition) is 2. The van der Waals surface area contributed by atoms with Crippen LogP contribution in [0.1, 0.15) is 31.7 Å². The van der Waals surface area contributed by atoms with Gasteiger partial charge in [-0.2, -0.15) is 0 Å². The number of piperidine rings is 1. The molecule has 1 aliphatic rings. The van der Waals surface area contributed by atoms with Gasteiger partial charge in [-0.1, -0.05) is 18.6 Å². The fourth-order valence-electron chi connectivity index (χ4n) is 2.40. The molecule has 0 bridgehead atoms. The van der Waals surface area contributed by atoms with Crippen LogP contribution in [0.4, 0.5) is 0 Å². The van der Waals surface area contributed by atoms with Crippen LogP contribution in [0.25, 0.3) is 0 Å². The minimum absolute atomic E-state index is 0.355.